The van der Waals surface area contributed by atoms with Gasteiger partial charge in [-0.1, -0.05) is 23.7 Å². The van der Waals surface area contributed by atoms with Crippen LogP contribution in [0.4, 0.5) is 0 Å². The number of carbonyl (C=O) groups is 1. The van der Waals surface area contributed by atoms with Crippen molar-refractivity contribution < 1.29 is 9.90 Å². The van der Waals surface area contributed by atoms with Crippen molar-refractivity contribution in [3.63, 3.8) is 0 Å². The molecule has 0 aliphatic carbocycles. The maximum absolute atomic E-state index is 10.4. The normalized spacial score (nSPS) is 11.4. The number of halogens is 2. The fourth-order valence-corrected chi connectivity index (χ4v) is 1.27. The third kappa shape index (κ3) is 3.20. The lowest BCUT2D eigenvalue weighted by Gasteiger charge is -1.94. The van der Waals surface area contributed by atoms with Gasteiger partial charge in [0.1, 0.15) is 4.48 Å². The quantitative estimate of drug-likeness (QED) is 0.830. The van der Waals surface area contributed by atoms with Crippen LogP contribution in [-0.4, -0.2) is 11.1 Å². The Morgan fingerprint density at radius 2 is 2.23 bits per heavy atom. The van der Waals surface area contributed by atoms with Gasteiger partial charge in [0.2, 0.25) is 0 Å². The molecule has 0 unspecified atom stereocenters. The topological polar surface area (TPSA) is 37.3 Å². The molecule has 1 N–H and O–H groups in total. The Bertz CT molecular complexity index is 360. The van der Waals surface area contributed by atoms with E-state index in [1.54, 1.807) is 24.3 Å². The first-order valence-corrected chi connectivity index (χ1v) is 4.63. The van der Waals surface area contributed by atoms with E-state index in [4.69, 9.17) is 16.7 Å². The van der Waals surface area contributed by atoms with Crippen LogP contribution in [0.25, 0.3) is 6.08 Å². The summed E-state index contributed by atoms with van der Waals surface area (Å²) in [5, 5.41) is 9.15. The number of aliphatic carboxylic acids is 1. The van der Waals surface area contributed by atoms with Crippen molar-refractivity contribution >= 4 is 39.6 Å². The highest BCUT2D eigenvalue weighted by Crippen LogP contribution is 2.16. The van der Waals surface area contributed by atoms with Crippen molar-refractivity contribution in [3.8, 4) is 0 Å². The molecule has 68 valence electrons. The first kappa shape index (κ1) is 10.3. The number of rotatable bonds is 2. The van der Waals surface area contributed by atoms with Crippen LogP contribution in [0, 0.1) is 0 Å². The van der Waals surface area contributed by atoms with Crippen LogP contribution in [0.15, 0.2) is 28.7 Å². The highest BCUT2D eigenvalue weighted by atomic mass is 79.9. The average Bonchev–Trinajstić information content (AvgIpc) is 2.04. The van der Waals surface area contributed by atoms with E-state index >= 15 is 0 Å². The van der Waals surface area contributed by atoms with Gasteiger partial charge in [-0.25, -0.2) is 4.79 Å². The van der Waals surface area contributed by atoms with Crippen LogP contribution >= 0.6 is 27.5 Å². The fraction of sp³-hybridized carbons (Fsp3) is 0. The molecule has 2 nitrogen and oxygen atoms in total. The molecule has 4 heteroatoms. The smallest absolute Gasteiger partial charge is 0.342 e. The van der Waals surface area contributed by atoms with E-state index < -0.39 is 5.97 Å². The molecule has 0 aliphatic rings. The second-order valence-electron chi connectivity index (χ2n) is 2.35. The molecule has 0 aliphatic heterocycles. The lowest BCUT2D eigenvalue weighted by atomic mass is 10.2. The Labute approximate surface area is 89.0 Å². The molecule has 0 saturated carbocycles. The summed E-state index contributed by atoms with van der Waals surface area (Å²) in [5.74, 6) is -1.00. The summed E-state index contributed by atoms with van der Waals surface area (Å²) in [7, 11) is 0. The Morgan fingerprint density at radius 3 is 2.77 bits per heavy atom. The zero-order valence-electron chi connectivity index (χ0n) is 6.50. The molecule has 0 heterocycles. The van der Waals surface area contributed by atoms with Crippen LogP contribution < -0.4 is 0 Å². The van der Waals surface area contributed by atoms with Crippen molar-refractivity contribution in [3.05, 3.63) is 39.3 Å². The van der Waals surface area contributed by atoms with Crippen LogP contribution in [0.1, 0.15) is 5.56 Å². The lowest BCUT2D eigenvalue weighted by molar-refractivity contribution is -0.131. The summed E-state index contributed by atoms with van der Waals surface area (Å²) in [4.78, 5) is 10.4. The third-order valence-corrected chi connectivity index (χ3v) is 2.15. The minimum absolute atomic E-state index is 0.106. The van der Waals surface area contributed by atoms with Gasteiger partial charge in [0, 0.05) is 5.02 Å². The Hall–Kier alpha value is -0.800. The molecular formula is C9H6BrClO2. The third-order valence-electron chi connectivity index (χ3n) is 1.35. The maximum atomic E-state index is 10.4. The van der Waals surface area contributed by atoms with Crippen molar-refractivity contribution in [2.24, 2.45) is 0 Å². The molecule has 0 saturated heterocycles. The van der Waals surface area contributed by atoms with Crippen LogP contribution in [-0.2, 0) is 4.79 Å². The van der Waals surface area contributed by atoms with Gasteiger partial charge in [-0.3, -0.25) is 0 Å². The van der Waals surface area contributed by atoms with E-state index in [1.165, 1.54) is 6.08 Å². The second-order valence-corrected chi connectivity index (χ2v) is 3.64. The van der Waals surface area contributed by atoms with Gasteiger partial charge in [0.15, 0.2) is 0 Å². The van der Waals surface area contributed by atoms with Crippen molar-refractivity contribution in [1.82, 2.24) is 0 Å². The molecule has 0 amide bonds. The summed E-state index contributed by atoms with van der Waals surface area (Å²) < 4.78 is 0.106. The molecular weight excluding hydrogens is 255 g/mol. The number of benzene rings is 1. The second kappa shape index (κ2) is 4.44. The lowest BCUT2D eigenvalue weighted by Crippen LogP contribution is -1.92. The molecule has 1 aromatic carbocycles. The summed E-state index contributed by atoms with van der Waals surface area (Å²) in [6, 6.07) is 6.95. The highest BCUT2D eigenvalue weighted by Gasteiger charge is 2.01. The SMILES string of the molecule is O=C(O)C(Br)=Cc1cccc(Cl)c1. The van der Waals surface area contributed by atoms with Crippen molar-refractivity contribution in [2.75, 3.05) is 0 Å². The zero-order valence-corrected chi connectivity index (χ0v) is 8.84. The molecule has 0 bridgehead atoms. The maximum Gasteiger partial charge on any atom is 0.342 e. The molecule has 0 aromatic heterocycles. The van der Waals surface area contributed by atoms with E-state index in [0.717, 1.165) is 5.56 Å². The molecule has 0 radical (unpaired) electrons. The predicted molar refractivity (Wildman–Crippen MR) is 56.0 cm³/mol. The van der Waals surface area contributed by atoms with Gasteiger partial charge < -0.3 is 5.11 Å². The van der Waals surface area contributed by atoms with E-state index in [0.29, 0.717) is 5.02 Å². The highest BCUT2D eigenvalue weighted by molar-refractivity contribution is 9.12. The molecule has 0 atom stereocenters. The monoisotopic (exact) mass is 260 g/mol. The van der Waals surface area contributed by atoms with Gasteiger partial charge in [-0.15, -0.1) is 0 Å². The molecule has 0 fully saturated rings. The van der Waals surface area contributed by atoms with Crippen LogP contribution in [0.2, 0.25) is 5.02 Å². The zero-order chi connectivity index (χ0) is 9.84. The average molecular weight is 262 g/mol. The summed E-state index contributed by atoms with van der Waals surface area (Å²) in [5.41, 5.74) is 0.752. The number of hydrogen-bond donors (Lipinski definition) is 1. The first-order valence-electron chi connectivity index (χ1n) is 3.45. The molecule has 1 aromatic rings. The minimum atomic E-state index is -1.00. The van der Waals surface area contributed by atoms with Gasteiger partial charge in [-0.2, -0.15) is 0 Å². The van der Waals surface area contributed by atoms with E-state index in [1.807, 2.05) is 0 Å². The summed E-state index contributed by atoms with van der Waals surface area (Å²) in [6.07, 6.45) is 1.49. The Morgan fingerprint density at radius 1 is 1.54 bits per heavy atom. The fourth-order valence-electron chi connectivity index (χ4n) is 0.804. The molecule has 1 rings (SSSR count). The van der Waals surface area contributed by atoms with Gasteiger partial charge in [0.25, 0.3) is 0 Å². The van der Waals surface area contributed by atoms with Crippen molar-refractivity contribution in [1.29, 1.82) is 0 Å². The van der Waals surface area contributed by atoms with Gasteiger partial charge >= 0.3 is 5.97 Å². The summed E-state index contributed by atoms with van der Waals surface area (Å²) >= 11 is 8.64. The number of carboxylic acids is 1. The van der Waals surface area contributed by atoms with E-state index in [-0.39, 0.29) is 4.48 Å². The molecule has 0 spiro atoms. The predicted octanol–water partition coefficient (Wildman–Crippen LogP) is 3.16. The van der Waals surface area contributed by atoms with Gasteiger partial charge in [0.05, 0.1) is 0 Å². The first-order chi connectivity index (χ1) is 6.09. The number of hydrogen-bond acceptors (Lipinski definition) is 1. The van der Waals surface area contributed by atoms with Crippen LogP contribution in [0.5, 0.6) is 0 Å². The van der Waals surface area contributed by atoms with Crippen molar-refractivity contribution in [2.45, 2.75) is 0 Å². The van der Waals surface area contributed by atoms with E-state index in [9.17, 15) is 4.79 Å². The van der Waals surface area contributed by atoms with Gasteiger partial charge in [-0.05, 0) is 39.7 Å². The largest absolute Gasteiger partial charge is 0.477 e. The molecule has 13 heavy (non-hydrogen) atoms. The Kier molecular flexibility index (Phi) is 3.51. The Balaban J connectivity index is 2.97. The number of carboxylic acid groups (broad SMARTS) is 1. The van der Waals surface area contributed by atoms with Crippen LogP contribution in [0.3, 0.4) is 0 Å². The summed E-state index contributed by atoms with van der Waals surface area (Å²) in [6.45, 7) is 0. The standard InChI is InChI=1S/C9H6BrClO2/c10-8(9(12)13)5-6-2-1-3-7(11)4-6/h1-5H,(H,12,13). The van der Waals surface area contributed by atoms with E-state index in [2.05, 4.69) is 15.9 Å². The minimum Gasteiger partial charge on any atom is -0.477 e.